The van der Waals surface area contributed by atoms with Gasteiger partial charge < -0.3 is 14.8 Å². The summed E-state index contributed by atoms with van der Waals surface area (Å²) >= 11 is 0. The van der Waals surface area contributed by atoms with Crippen molar-refractivity contribution in [2.75, 3.05) is 6.61 Å². The number of imidazole rings is 1. The van der Waals surface area contributed by atoms with E-state index in [1.54, 1.807) is 12.1 Å². The molecule has 0 radical (unpaired) electrons. The number of aliphatic hydroxyl groups excluding tert-OH is 1. The molecule has 0 aliphatic heterocycles. The summed E-state index contributed by atoms with van der Waals surface area (Å²) in [5, 5.41) is 18.4. The molecule has 0 aliphatic carbocycles. The standard InChI is InChI=1S/C16H22N2O3/c1-4-12(7-8-19)18-14-6-5-11(16(20)21)9-13(14)17-15(18)10(2)3/h5-6,9-10,12,19H,4,7-8H2,1-3H3,(H,20,21). The number of aromatic carboxylic acids is 1. The maximum atomic E-state index is 11.1. The maximum Gasteiger partial charge on any atom is 0.335 e. The number of carboxylic acid groups (broad SMARTS) is 1. The zero-order chi connectivity index (χ0) is 15.6. The minimum atomic E-state index is -0.944. The number of carbonyl (C=O) groups is 1. The number of hydrogen-bond acceptors (Lipinski definition) is 3. The lowest BCUT2D eigenvalue weighted by atomic mass is 10.1. The summed E-state index contributed by atoms with van der Waals surface area (Å²) in [7, 11) is 0. The van der Waals surface area contributed by atoms with Crippen molar-refractivity contribution < 1.29 is 15.0 Å². The van der Waals surface area contributed by atoms with Crippen LogP contribution in [0.1, 0.15) is 61.8 Å². The van der Waals surface area contributed by atoms with E-state index >= 15 is 0 Å². The third kappa shape index (κ3) is 2.93. The van der Waals surface area contributed by atoms with Crippen LogP contribution in [0.4, 0.5) is 0 Å². The molecule has 1 aromatic heterocycles. The van der Waals surface area contributed by atoms with Gasteiger partial charge in [0.05, 0.1) is 16.6 Å². The minimum absolute atomic E-state index is 0.128. The van der Waals surface area contributed by atoms with Crippen LogP contribution in [0.5, 0.6) is 0 Å². The fourth-order valence-electron chi connectivity index (χ4n) is 2.71. The fourth-order valence-corrected chi connectivity index (χ4v) is 2.71. The Hall–Kier alpha value is -1.88. The summed E-state index contributed by atoms with van der Waals surface area (Å²) in [6.07, 6.45) is 1.56. The van der Waals surface area contributed by atoms with Crippen LogP contribution < -0.4 is 0 Å². The van der Waals surface area contributed by atoms with Crippen molar-refractivity contribution in [3.63, 3.8) is 0 Å². The molecule has 0 saturated carbocycles. The summed E-state index contributed by atoms with van der Waals surface area (Å²) in [5.41, 5.74) is 1.89. The van der Waals surface area contributed by atoms with Crippen molar-refractivity contribution in [2.24, 2.45) is 0 Å². The maximum absolute atomic E-state index is 11.1. The summed E-state index contributed by atoms with van der Waals surface area (Å²) in [4.78, 5) is 15.7. The van der Waals surface area contributed by atoms with E-state index in [4.69, 9.17) is 5.11 Å². The van der Waals surface area contributed by atoms with E-state index < -0.39 is 5.97 Å². The molecule has 1 aromatic carbocycles. The molecular weight excluding hydrogens is 268 g/mol. The van der Waals surface area contributed by atoms with Crippen molar-refractivity contribution >= 4 is 17.0 Å². The highest BCUT2D eigenvalue weighted by molar-refractivity contribution is 5.92. The first-order valence-corrected chi connectivity index (χ1v) is 7.35. The highest BCUT2D eigenvalue weighted by atomic mass is 16.4. The molecule has 0 bridgehead atoms. The molecule has 1 unspecified atom stereocenters. The average Bonchev–Trinajstić information content (AvgIpc) is 2.83. The Morgan fingerprint density at radius 2 is 2.10 bits per heavy atom. The Labute approximate surface area is 124 Å². The van der Waals surface area contributed by atoms with Crippen molar-refractivity contribution in [2.45, 2.75) is 45.6 Å². The minimum Gasteiger partial charge on any atom is -0.478 e. The van der Waals surface area contributed by atoms with Gasteiger partial charge in [0.25, 0.3) is 0 Å². The second-order valence-corrected chi connectivity index (χ2v) is 5.58. The molecule has 0 saturated heterocycles. The monoisotopic (exact) mass is 290 g/mol. The molecule has 2 rings (SSSR count). The number of rotatable bonds is 6. The first-order valence-electron chi connectivity index (χ1n) is 7.35. The van der Waals surface area contributed by atoms with Crippen molar-refractivity contribution in [3.8, 4) is 0 Å². The van der Waals surface area contributed by atoms with Crippen LogP contribution >= 0.6 is 0 Å². The Morgan fingerprint density at radius 3 is 2.62 bits per heavy atom. The van der Waals surface area contributed by atoms with Crippen LogP contribution in [0.25, 0.3) is 11.0 Å². The lowest BCUT2D eigenvalue weighted by Crippen LogP contribution is -2.14. The number of aliphatic hydroxyl groups is 1. The molecule has 1 heterocycles. The second-order valence-electron chi connectivity index (χ2n) is 5.58. The Morgan fingerprint density at radius 1 is 1.38 bits per heavy atom. The van der Waals surface area contributed by atoms with E-state index in [0.29, 0.717) is 11.9 Å². The number of carboxylic acids is 1. The lowest BCUT2D eigenvalue weighted by Gasteiger charge is -2.21. The topological polar surface area (TPSA) is 75.3 Å². The van der Waals surface area contributed by atoms with E-state index in [9.17, 15) is 9.90 Å². The van der Waals surface area contributed by atoms with Crippen molar-refractivity contribution in [1.82, 2.24) is 9.55 Å². The third-order valence-corrected chi connectivity index (χ3v) is 3.78. The van der Waals surface area contributed by atoms with Gasteiger partial charge in [-0.1, -0.05) is 20.8 Å². The van der Waals surface area contributed by atoms with Crippen LogP contribution in [-0.4, -0.2) is 32.3 Å². The molecule has 0 spiro atoms. The Kier molecular flexibility index (Phi) is 4.63. The average molecular weight is 290 g/mol. The van der Waals surface area contributed by atoms with Gasteiger partial charge in [-0.2, -0.15) is 0 Å². The third-order valence-electron chi connectivity index (χ3n) is 3.78. The van der Waals surface area contributed by atoms with Crippen molar-refractivity contribution in [3.05, 3.63) is 29.6 Å². The van der Waals surface area contributed by atoms with Gasteiger partial charge in [-0.25, -0.2) is 9.78 Å². The van der Waals surface area contributed by atoms with Gasteiger partial charge in [-0.15, -0.1) is 0 Å². The predicted molar refractivity (Wildman–Crippen MR) is 81.8 cm³/mol. The smallest absolute Gasteiger partial charge is 0.335 e. The Balaban J connectivity index is 2.65. The summed E-state index contributed by atoms with van der Waals surface area (Å²) < 4.78 is 2.15. The van der Waals surface area contributed by atoms with Crippen molar-refractivity contribution in [1.29, 1.82) is 0 Å². The number of fused-ring (bicyclic) bond motifs is 1. The second kappa shape index (κ2) is 6.26. The predicted octanol–water partition coefficient (Wildman–Crippen LogP) is 3.19. The van der Waals surface area contributed by atoms with Gasteiger partial charge >= 0.3 is 5.97 Å². The van der Waals surface area contributed by atoms with Crippen LogP contribution in [0.2, 0.25) is 0 Å². The molecule has 2 N–H and O–H groups in total. The fraction of sp³-hybridized carbons (Fsp3) is 0.500. The van der Waals surface area contributed by atoms with E-state index in [0.717, 1.165) is 17.8 Å². The van der Waals surface area contributed by atoms with Gasteiger partial charge in [-0.3, -0.25) is 0 Å². The molecule has 5 nitrogen and oxygen atoms in total. The van der Waals surface area contributed by atoms with Gasteiger partial charge in [0, 0.05) is 18.6 Å². The normalized spacial score (nSPS) is 13.0. The van der Waals surface area contributed by atoms with Gasteiger partial charge in [0.15, 0.2) is 0 Å². The first-order chi connectivity index (χ1) is 9.99. The Bertz CT molecular complexity index is 646. The largest absolute Gasteiger partial charge is 0.478 e. The quantitative estimate of drug-likeness (QED) is 0.856. The van der Waals surface area contributed by atoms with Crippen LogP contribution in [0, 0.1) is 0 Å². The van der Waals surface area contributed by atoms with Gasteiger partial charge in [-0.05, 0) is 31.0 Å². The highest BCUT2D eigenvalue weighted by Crippen LogP contribution is 2.29. The molecule has 0 amide bonds. The number of benzene rings is 1. The molecule has 21 heavy (non-hydrogen) atoms. The number of nitrogens with zero attached hydrogens (tertiary/aromatic N) is 2. The molecule has 2 aromatic rings. The number of aromatic nitrogens is 2. The summed E-state index contributed by atoms with van der Waals surface area (Å²) in [6.45, 7) is 6.35. The van der Waals surface area contributed by atoms with E-state index in [2.05, 4.69) is 30.3 Å². The highest BCUT2D eigenvalue weighted by Gasteiger charge is 2.20. The summed E-state index contributed by atoms with van der Waals surface area (Å²) in [6, 6.07) is 5.22. The number of hydrogen-bond donors (Lipinski definition) is 2. The molecule has 0 fully saturated rings. The van der Waals surface area contributed by atoms with E-state index in [1.807, 2.05) is 6.07 Å². The molecule has 5 heteroatoms. The molecule has 1 atom stereocenters. The zero-order valence-electron chi connectivity index (χ0n) is 12.7. The molecule has 0 aliphatic rings. The van der Waals surface area contributed by atoms with Gasteiger partial charge in [0.1, 0.15) is 5.82 Å². The van der Waals surface area contributed by atoms with Crippen LogP contribution in [0.3, 0.4) is 0 Å². The SMILES string of the molecule is CCC(CCO)n1c(C(C)C)nc2cc(C(=O)O)ccc21. The van der Waals surface area contributed by atoms with E-state index in [1.165, 1.54) is 0 Å². The van der Waals surface area contributed by atoms with E-state index in [-0.39, 0.29) is 24.1 Å². The van der Waals surface area contributed by atoms with Crippen LogP contribution in [0.15, 0.2) is 18.2 Å². The first kappa shape index (κ1) is 15.5. The molecular formula is C16H22N2O3. The molecule has 114 valence electrons. The summed E-state index contributed by atoms with van der Waals surface area (Å²) in [5.74, 6) is 0.228. The lowest BCUT2D eigenvalue weighted by molar-refractivity contribution is 0.0697. The zero-order valence-corrected chi connectivity index (χ0v) is 12.7. The van der Waals surface area contributed by atoms with Crippen LogP contribution in [-0.2, 0) is 0 Å². The van der Waals surface area contributed by atoms with Gasteiger partial charge in [0.2, 0.25) is 0 Å².